The normalized spacial score (nSPS) is 38.5. The molecule has 0 N–H and O–H groups in total. The van der Waals surface area contributed by atoms with Gasteiger partial charge in [-0.05, 0) is 50.5 Å². The first-order valence-electron chi connectivity index (χ1n) is 4.46. The summed E-state index contributed by atoms with van der Waals surface area (Å²) in [4.78, 5) is 10.8. The SMILES string of the molecule is CC(=O)/C=C1\CC2CCC1C2. The summed E-state index contributed by atoms with van der Waals surface area (Å²) in [5, 5.41) is 0. The molecule has 0 heterocycles. The third-order valence-corrected chi connectivity index (χ3v) is 2.98. The summed E-state index contributed by atoms with van der Waals surface area (Å²) in [6, 6.07) is 0. The monoisotopic (exact) mass is 150 g/mol. The van der Waals surface area contributed by atoms with Crippen molar-refractivity contribution in [3.8, 4) is 0 Å². The average molecular weight is 150 g/mol. The molecule has 1 heteroatoms. The zero-order valence-electron chi connectivity index (χ0n) is 6.97. The van der Waals surface area contributed by atoms with Crippen LogP contribution in [0.3, 0.4) is 0 Å². The van der Waals surface area contributed by atoms with Crippen LogP contribution in [0.2, 0.25) is 0 Å². The van der Waals surface area contributed by atoms with Gasteiger partial charge in [-0.3, -0.25) is 4.79 Å². The van der Waals surface area contributed by atoms with Crippen LogP contribution >= 0.6 is 0 Å². The Bertz CT molecular complexity index is 215. The zero-order chi connectivity index (χ0) is 7.84. The molecule has 2 fully saturated rings. The van der Waals surface area contributed by atoms with Crippen LogP contribution in [-0.4, -0.2) is 5.78 Å². The van der Waals surface area contributed by atoms with Gasteiger partial charge in [-0.2, -0.15) is 0 Å². The maximum absolute atomic E-state index is 10.8. The lowest BCUT2D eigenvalue weighted by molar-refractivity contribution is -0.112. The van der Waals surface area contributed by atoms with Crippen molar-refractivity contribution in [3.63, 3.8) is 0 Å². The highest BCUT2D eigenvalue weighted by molar-refractivity contribution is 5.88. The molecule has 0 saturated heterocycles. The third-order valence-electron chi connectivity index (χ3n) is 2.98. The van der Waals surface area contributed by atoms with Gasteiger partial charge in [-0.15, -0.1) is 0 Å². The summed E-state index contributed by atoms with van der Waals surface area (Å²) in [6.07, 6.45) is 7.18. The van der Waals surface area contributed by atoms with Crippen LogP contribution in [0.5, 0.6) is 0 Å². The van der Waals surface area contributed by atoms with Crippen LogP contribution in [0.15, 0.2) is 11.6 Å². The highest BCUT2D eigenvalue weighted by Crippen LogP contribution is 2.47. The molecule has 2 bridgehead atoms. The van der Waals surface area contributed by atoms with E-state index in [1.165, 1.54) is 31.3 Å². The topological polar surface area (TPSA) is 17.1 Å². The Morgan fingerprint density at radius 3 is 2.82 bits per heavy atom. The summed E-state index contributed by atoms with van der Waals surface area (Å²) in [7, 11) is 0. The van der Waals surface area contributed by atoms with E-state index in [-0.39, 0.29) is 5.78 Å². The fraction of sp³-hybridized carbons (Fsp3) is 0.700. The summed E-state index contributed by atoms with van der Waals surface area (Å²) in [6.45, 7) is 1.65. The van der Waals surface area contributed by atoms with Crippen molar-refractivity contribution < 1.29 is 4.79 Å². The van der Waals surface area contributed by atoms with Crippen LogP contribution in [0.4, 0.5) is 0 Å². The predicted octanol–water partition coefficient (Wildman–Crippen LogP) is 2.32. The van der Waals surface area contributed by atoms with Crippen LogP contribution < -0.4 is 0 Å². The molecule has 0 aromatic rings. The van der Waals surface area contributed by atoms with Crippen molar-refractivity contribution in [2.24, 2.45) is 11.8 Å². The van der Waals surface area contributed by atoms with Gasteiger partial charge in [0.2, 0.25) is 0 Å². The number of ketones is 1. The molecule has 0 aromatic heterocycles. The predicted molar refractivity (Wildman–Crippen MR) is 44.2 cm³/mol. The summed E-state index contributed by atoms with van der Waals surface area (Å²) in [5.74, 6) is 1.93. The molecule has 60 valence electrons. The third kappa shape index (κ3) is 1.24. The standard InChI is InChI=1S/C10H14O/c1-7(11)4-10-6-8-2-3-9(10)5-8/h4,8-9H,2-3,5-6H2,1H3/b10-4+. The van der Waals surface area contributed by atoms with E-state index in [2.05, 4.69) is 0 Å². The van der Waals surface area contributed by atoms with Gasteiger partial charge in [-0.25, -0.2) is 0 Å². The molecule has 2 atom stereocenters. The summed E-state index contributed by atoms with van der Waals surface area (Å²) in [5.41, 5.74) is 1.44. The molecule has 2 saturated carbocycles. The maximum atomic E-state index is 10.8. The Kier molecular flexibility index (Phi) is 1.59. The molecule has 0 aromatic carbocycles. The van der Waals surface area contributed by atoms with Crippen molar-refractivity contribution in [2.45, 2.75) is 32.6 Å². The van der Waals surface area contributed by atoms with Crippen molar-refractivity contribution in [3.05, 3.63) is 11.6 Å². The van der Waals surface area contributed by atoms with Gasteiger partial charge in [0, 0.05) is 0 Å². The lowest BCUT2D eigenvalue weighted by atomic mass is 9.94. The fourth-order valence-corrected chi connectivity index (χ4v) is 2.53. The minimum absolute atomic E-state index is 0.229. The maximum Gasteiger partial charge on any atom is 0.152 e. The first-order valence-corrected chi connectivity index (χ1v) is 4.46. The molecule has 11 heavy (non-hydrogen) atoms. The van der Waals surface area contributed by atoms with Gasteiger partial charge >= 0.3 is 0 Å². The molecule has 2 aliphatic rings. The van der Waals surface area contributed by atoms with Crippen LogP contribution in [0, 0.1) is 11.8 Å². The first-order chi connectivity index (χ1) is 5.25. The smallest absolute Gasteiger partial charge is 0.152 e. The number of hydrogen-bond donors (Lipinski definition) is 0. The number of fused-ring (bicyclic) bond motifs is 2. The van der Waals surface area contributed by atoms with E-state index < -0.39 is 0 Å². The Morgan fingerprint density at radius 1 is 1.55 bits per heavy atom. The summed E-state index contributed by atoms with van der Waals surface area (Å²) >= 11 is 0. The second-order valence-electron chi connectivity index (χ2n) is 3.91. The lowest BCUT2D eigenvalue weighted by Crippen LogP contribution is -1.99. The molecule has 0 radical (unpaired) electrons. The van der Waals surface area contributed by atoms with Gasteiger partial charge < -0.3 is 0 Å². The van der Waals surface area contributed by atoms with Gasteiger partial charge in [0.25, 0.3) is 0 Å². The number of carbonyl (C=O) groups excluding carboxylic acids is 1. The lowest BCUT2D eigenvalue weighted by Gasteiger charge is -2.11. The van der Waals surface area contributed by atoms with Gasteiger partial charge in [-0.1, -0.05) is 5.57 Å². The van der Waals surface area contributed by atoms with Gasteiger partial charge in [0.05, 0.1) is 0 Å². The average Bonchev–Trinajstić information content (AvgIpc) is 2.45. The number of allylic oxidation sites excluding steroid dienone is 2. The Balaban J connectivity index is 2.13. The van der Waals surface area contributed by atoms with E-state index in [4.69, 9.17) is 0 Å². The van der Waals surface area contributed by atoms with Gasteiger partial charge in [0.15, 0.2) is 5.78 Å². The van der Waals surface area contributed by atoms with Crippen molar-refractivity contribution in [1.29, 1.82) is 0 Å². The minimum Gasteiger partial charge on any atom is -0.295 e. The summed E-state index contributed by atoms with van der Waals surface area (Å²) < 4.78 is 0. The van der Waals surface area contributed by atoms with E-state index >= 15 is 0 Å². The van der Waals surface area contributed by atoms with Crippen LogP contribution in [0.25, 0.3) is 0 Å². The van der Waals surface area contributed by atoms with E-state index in [9.17, 15) is 4.79 Å². The molecule has 2 unspecified atom stereocenters. The fourth-order valence-electron chi connectivity index (χ4n) is 2.53. The number of rotatable bonds is 1. The Morgan fingerprint density at radius 2 is 2.36 bits per heavy atom. The number of carbonyl (C=O) groups is 1. The molecule has 2 aliphatic carbocycles. The molecule has 2 rings (SSSR count). The van der Waals surface area contributed by atoms with Crippen molar-refractivity contribution in [1.82, 2.24) is 0 Å². The van der Waals surface area contributed by atoms with E-state index in [0.29, 0.717) is 0 Å². The van der Waals surface area contributed by atoms with Crippen molar-refractivity contribution >= 4 is 5.78 Å². The molecule has 0 spiro atoms. The Hall–Kier alpha value is -0.590. The first kappa shape index (κ1) is 7.08. The van der Waals surface area contributed by atoms with E-state index in [1.807, 2.05) is 6.08 Å². The molecular formula is C10H14O. The highest BCUT2D eigenvalue weighted by atomic mass is 16.1. The molecule has 1 nitrogen and oxygen atoms in total. The van der Waals surface area contributed by atoms with Crippen LogP contribution in [-0.2, 0) is 4.79 Å². The zero-order valence-corrected chi connectivity index (χ0v) is 6.97. The van der Waals surface area contributed by atoms with Crippen molar-refractivity contribution in [2.75, 3.05) is 0 Å². The molecule has 0 aliphatic heterocycles. The Labute approximate surface area is 67.5 Å². The number of hydrogen-bond acceptors (Lipinski definition) is 1. The largest absolute Gasteiger partial charge is 0.295 e. The molecular weight excluding hydrogens is 136 g/mol. The quantitative estimate of drug-likeness (QED) is 0.524. The van der Waals surface area contributed by atoms with E-state index in [1.54, 1.807) is 6.92 Å². The van der Waals surface area contributed by atoms with Crippen LogP contribution in [0.1, 0.15) is 32.6 Å². The minimum atomic E-state index is 0.229. The van der Waals surface area contributed by atoms with E-state index in [0.717, 1.165) is 11.8 Å². The molecule has 0 amide bonds. The highest BCUT2D eigenvalue weighted by Gasteiger charge is 2.35. The van der Waals surface area contributed by atoms with Gasteiger partial charge in [0.1, 0.15) is 0 Å². The second kappa shape index (κ2) is 2.47. The second-order valence-corrected chi connectivity index (χ2v) is 3.91.